The molecule has 0 aliphatic carbocycles. The van der Waals surface area contributed by atoms with Gasteiger partial charge in [0.05, 0.1) is 16.6 Å². The second-order valence-corrected chi connectivity index (χ2v) is 5.66. The monoisotopic (exact) mass is 321 g/mol. The van der Waals surface area contributed by atoms with Crippen molar-refractivity contribution < 1.29 is 34.0 Å². The van der Waals surface area contributed by atoms with Gasteiger partial charge < -0.3 is 19.8 Å². The Hall–Kier alpha value is -2.26. The molecule has 0 rings (SSSR count). The van der Waals surface area contributed by atoms with Crippen molar-refractivity contribution in [2.75, 3.05) is 6.54 Å². The Morgan fingerprint density at radius 3 is 2.23 bits per heavy atom. The molecule has 0 aliphatic rings. The van der Waals surface area contributed by atoms with Crippen molar-refractivity contribution in [1.82, 2.24) is 5.01 Å². The number of hydrazine groups is 1. The lowest BCUT2D eigenvalue weighted by atomic mass is 10.1. The third kappa shape index (κ3) is 8.12. The van der Waals surface area contributed by atoms with E-state index in [9.17, 15) is 14.8 Å². The van der Waals surface area contributed by atoms with Crippen LogP contribution in [0.25, 0.3) is 0 Å². The Morgan fingerprint density at radius 1 is 1.27 bits per heavy atom. The fourth-order valence-electron chi connectivity index (χ4n) is 1.21. The molecule has 1 N–H and O–H groups in total. The zero-order valence-electron chi connectivity index (χ0n) is 13.6. The Labute approximate surface area is 128 Å². The minimum atomic E-state index is -1.20. The lowest BCUT2D eigenvalue weighted by Gasteiger charge is -2.28. The van der Waals surface area contributed by atoms with Crippen LogP contribution in [0.1, 0.15) is 41.5 Å². The first kappa shape index (κ1) is 19.7. The van der Waals surface area contributed by atoms with E-state index < -0.39 is 30.5 Å². The van der Waals surface area contributed by atoms with Crippen molar-refractivity contribution in [3.63, 3.8) is 0 Å². The van der Waals surface area contributed by atoms with Crippen LogP contribution in [0.2, 0.25) is 0 Å². The van der Waals surface area contributed by atoms with Gasteiger partial charge in [0.2, 0.25) is 5.28 Å². The summed E-state index contributed by atoms with van der Waals surface area (Å²) in [5, 5.41) is 24.7. The number of aliphatic carboxylic acids is 1. The number of ether oxygens (including phenoxy) is 2. The van der Waals surface area contributed by atoms with Crippen molar-refractivity contribution in [2.45, 2.75) is 59.5 Å². The lowest BCUT2D eigenvalue weighted by molar-refractivity contribution is -0.725. The van der Waals surface area contributed by atoms with E-state index in [1.807, 2.05) is 0 Å². The molecule has 0 saturated heterocycles. The zero-order valence-corrected chi connectivity index (χ0v) is 13.6. The Morgan fingerprint density at radius 2 is 1.82 bits per heavy atom. The molecule has 0 fully saturated rings. The third-order valence-corrected chi connectivity index (χ3v) is 2.13. The van der Waals surface area contributed by atoms with Gasteiger partial charge in [0.15, 0.2) is 6.54 Å². The summed E-state index contributed by atoms with van der Waals surface area (Å²) in [6, 6.07) is 0. The molecule has 0 amide bonds. The van der Waals surface area contributed by atoms with Gasteiger partial charge in [-0.25, -0.2) is 4.79 Å². The van der Waals surface area contributed by atoms with Gasteiger partial charge >= 0.3 is 12.1 Å². The van der Waals surface area contributed by atoms with E-state index in [0.29, 0.717) is 0 Å². The molecular weight excluding hydrogens is 298 g/mol. The van der Waals surface area contributed by atoms with Gasteiger partial charge in [-0.1, -0.05) is 0 Å². The molecule has 0 aromatic rings. The number of carbonyl (C=O) groups excluding carboxylic acids is 1. The van der Waals surface area contributed by atoms with Gasteiger partial charge in [-0.15, -0.1) is 5.01 Å². The summed E-state index contributed by atoms with van der Waals surface area (Å²) in [6.45, 7) is 8.96. The number of carboxylic acids is 1. The predicted molar refractivity (Wildman–Crippen MR) is 73.4 cm³/mol. The van der Waals surface area contributed by atoms with Gasteiger partial charge in [0.25, 0.3) is 6.29 Å². The van der Waals surface area contributed by atoms with Crippen LogP contribution in [0.4, 0.5) is 4.79 Å². The highest BCUT2D eigenvalue weighted by Gasteiger charge is 2.31. The molecule has 1 unspecified atom stereocenters. The average molecular weight is 321 g/mol. The minimum Gasteiger partial charge on any atom is -0.569 e. The molecule has 0 saturated carbocycles. The molecule has 0 aromatic carbocycles. The van der Waals surface area contributed by atoms with Crippen LogP contribution < -0.4 is 0 Å². The van der Waals surface area contributed by atoms with Crippen molar-refractivity contribution in [1.29, 1.82) is 0 Å². The SMILES string of the molecule is CC(C)OC(=O)OC(C)ON=[N+]([O-])N(CC(=O)O)C(C)(C)C. The Balaban J connectivity index is 4.67. The molecule has 0 bridgehead atoms. The smallest absolute Gasteiger partial charge is 0.511 e. The second-order valence-electron chi connectivity index (χ2n) is 5.66. The van der Waals surface area contributed by atoms with Crippen LogP contribution >= 0.6 is 0 Å². The van der Waals surface area contributed by atoms with Gasteiger partial charge in [-0.2, -0.15) is 0 Å². The minimum absolute atomic E-state index is 0.00175. The summed E-state index contributed by atoms with van der Waals surface area (Å²) >= 11 is 0. The largest absolute Gasteiger partial charge is 0.569 e. The van der Waals surface area contributed by atoms with Gasteiger partial charge in [0.1, 0.15) is 0 Å². The fourth-order valence-corrected chi connectivity index (χ4v) is 1.21. The highest BCUT2D eigenvalue weighted by Crippen LogP contribution is 2.13. The van der Waals surface area contributed by atoms with Crippen LogP contribution in [0, 0.1) is 5.21 Å². The molecule has 0 spiro atoms. The van der Waals surface area contributed by atoms with Gasteiger partial charge in [-0.05, 0) is 34.6 Å². The number of nitrogens with zero attached hydrogens (tertiary/aromatic N) is 3. The highest BCUT2D eigenvalue weighted by atomic mass is 16.8. The number of hydrogen-bond donors (Lipinski definition) is 1. The third-order valence-electron chi connectivity index (χ3n) is 2.13. The number of hydrogen-bond acceptors (Lipinski definition) is 7. The van der Waals surface area contributed by atoms with Gasteiger partial charge in [-0.3, -0.25) is 9.63 Å². The first-order chi connectivity index (χ1) is 9.93. The first-order valence-corrected chi connectivity index (χ1v) is 6.64. The summed E-state index contributed by atoms with van der Waals surface area (Å²) in [7, 11) is 0. The molecule has 128 valence electrons. The van der Waals surface area contributed by atoms with Crippen LogP contribution in [0.15, 0.2) is 5.28 Å². The second kappa shape index (κ2) is 8.25. The summed E-state index contributed by atoms with van der Waals surface area (Å²) in [4.78, 5) is 26.7. The molecular formula is C12H23N3O7. The van der Waals surface area contributed by atoms with E-state index in [-0.39, 0.29) is 11.1 Å². The Bertz CT molecular complexity index is 417. The number of carboxylic acid groups (broad SMARTS) is 1. The summed E-state index contributed by atoms with van der Waals surface area (Å²) < 4.78 is 9.40. The van der Waals surface area contributed by atoms with Gasteiger partial charge in [0, 0.05) is 6.92 Å². The van der Waals surface area contributed by atoms with Crippen molar-refractivity contribution in [3.05, 3.63) is 5.21 Å². The van der Waals surface area contributed by atoms with E-state index >= 15 is 0 Å². The maximum Gasteiger partial charge on any atom is 0.511 e. The van der Waals surface area contributed by atoms with E-state index in [1.54, 1.807) is 34.6 Å². The highest BCUT2D eigenvalue weighted by molar-refractivity contribution is 5.68. The van der Waals surface area contributed by atoms with E-state index in [0.717, 1.165) is 5.01 Å². The van der Waals surface area contributed by atoms with Crippen LogP contribution in [-0.2, 0) is 19.1 Å². The van der Waals surface area contributed by atoms with Crippen molar-refractivity contribution in [3.8, 4) is 0 Å². The molecule has 10 heteroatoms. The normalized spacial score (nSPS) is 13.5. The molecule has 0 aromatic heterocycles. The predicted octanol–water partition coefficient (Wildman–Crippen LogP) is 1.89. The first-order valence-electron chi connectivity index (χ1n) is 6.64. The van der Waals surface area contributed by atoms with E-state index in [1.165, 1.54) is 6.92 Å². The summed E-state index contributed by atoms with van der Waals surface area (Å²) in [5.41, 5.74) is -0.798. The van der Waals surface area contributed by atoms with Crippen molar-refractivity contribution >= 4 is 12.1 Å². The van der Waals surface area contributed by atoms with Crippen molar-refractivity contribution in [2.24, 2.45) is 5.28 Å². The molecule has 0 heterocycles. The molecule has 22 heavy (non-hydrogen) atoms. The molecule has 1 atom stereocenters. The Kier molecular flexibility index (Phi) is 7.40. The van der Waals surface area contributed by atoms with E-state index in [4.69, 9.17) is 14.7 Å². The topological polar surface area (TPSA) is 124 Å². The van der Waals surface area contributed by atoms with Crippen LogP contribution in [0.5, 0.6) is 0 Å². The zero-order chi connectivity index (χ0) is 17.5. The summed E-state index contributed by atoms with van der Waals surface area (Å²) in [6.07, 6.45) is -2.50. The molecule has 0 aliphatic heterocycles. The number of rotatable bonds is 7. The maximum absolute atomic E-state index is 11.8. The van der Waals surface area contributed by atoms with Crippen LogP contribution in [-0.4, -0.2) is 51.7 Å². The number of carbonyl (C=O) groups is 2. The maximum atomic E-state index is 11.8. The standard InChI is InChI=1S/C12H23N3O7/c1-8(2)20-11(18)21-9(3)22-13-15(19)14(7-10(16)17)12(4,5)6/h8-9H,7H2,1-6H3,(H,16,17). The van der Waals surface area contributed by atoms with E-state index in [2.05, 4.69) is 10.0 Å². The average Bonchev–Trinajstić information content (AvgIpc) is 2.30. The summed E-state index contributed by atoms with van der Waals surface area (Å²) in [5.74, 6) is -1.20. The fraction of sp³-hybridized carbons (Fsp3) is 0.833. The lowest BCUT2D eigenvalue weighted by Crippen LogP contribution is -2.48. The van der Waals surface area contributed by atoms with Crippen LogP contribution in [0.3, 0.4) is 0 Å². The molecule has 0 radical (unpaired) electrons. The quantitative estimate of drug-likeness (QED) is 0.248. The molecule has 10 nitrogen and oxygen atoms in total.